The van der Waals surface area contributed by atoms with Gasteiger partial charge in [-0.3, -0.25) is 4.79 Å². The van der Waals surface area contributed by atoms with Crippen LogP contribution in [0.5, 0.6) is 0 Å². The largest absolute Gasteiger partial charge is 0.394 e. The number of unbranched alkanes of at least 4 members (excludes halogenated alkanes) is 28. The number of nitrogens with one attached hydrogen (secondary N) is 1. The van der Waals surface area contributed by atoms with Gasteiger partial charge in [-0.05, 0) is 64.2 Å². The molecule has 0 spiro atoms. The lowest BCUT2D eigenvalue weighted by Gasteiger charge is -2.20. The fourth-order valence-electron chi connectivity index (χ4n) is 7.15. The molecule has 3 unspecified atom stereocenters. The van der Waals surface area contributed by atoms with Crippen molar-refractivity contribution < 1.29 is 20.1 Å². The molecule has 0 fully saturated rings. The number of aliphatic hydroxyl groups is 3. The molecular formula is C50H93NO4. The number of carbonyl (C=O) groups excluding carboxylic acids is 1. The predicted molar refractivity (Wildman–Crippen MR) is 241 cm³/mol. The Kier molecular flexibility index (Phi) is 43.6. The Labute approximate surface area is 342 Å². The van der Waals surface area contributed by atoms with Crippen molar-refractivity contribution in [3.8, 4) is 0 Å². The topological polar surface area (TPSA) is 89.8 Å². The SMILES string of the molecule is CCCCCCCCCCC/C=C\C/C=C\CCCCCCCC(O)CC(=O)NC(CO)C(O)/C=C/CC/C=C/CCCCCCCCCCCCCCC. The van der Waals surface area contributed by atoms with Crippen LogP contribution in [0.3, 0.4) is 0 Å². The minimum Gasteiger partial charge on any atom is -0.394 e. The number of amides is 1. The van der Waals surface area contributed by atoms with Gasteiger partial charge in [0.1, 0.15) is 0 Å². The molecule has 0 aliphatic carbocycles. The van der Waals surface area contributed by atoms with Gasteiger partial charge in [-0.1, -0.05) is 217 Å². The zero-order chi connectivity index (χ0) is 40.1. The highest BCUT2D eigenvalue weighted by Crippen LogP contribution is 2.15. The van der Waals surface area contributed by atoms with Crippen LogP contribution < -0.4 is 5.32 Å². The van der Waals surface area contributed by atoms with Crippen LogP contribution in [0, 0.1) is 0 Å². The molecule has 0 heterocycles. The third-order valence-electron chi connectivity index (χ3n) is 10.8. The first-order chi connectivity index (χ1) is 27.0. The second-order valence-electron chi connectivity index (χ2n) is 16.4. The maximum absolute atomic E-state index is 12.5. The maximum atomic E-state index is 12.5. The van der Waals surface area contributed by atoms with E-state index in [4.69, 9.17) is 0 Å². The lowest BCUT2D eigenvalue weighted by molar-refractivity contribution is -0.124. The molecule has 0 rings (SSSR count). The first-order valence-electron chi connectivity index (χ1n) is 23.9. The number of rotatable bonds is 43. The van der Waals surface area contributed by atoms with E-state index < -0.39 is 18.2 Å². The lowest BCUT2D eigenvalue weighted by Crippen LogP contribution is -2.45. The second kappa shape index (κ2) is 45.0. The van der Waals surface area contributed by atoms with Gasteiger partial charge in [-0.15, -0.1) is 0 Å². The highest BCUT2D eigenvalue weighted by molar-refractivity contribution is 5.76. The van der Waals surface area contributed by atoms with Gasteiger partial charge >= 0.3 is 0 Å². The van der Waals surface area contributed by atoms with E-state index in [1.807, 2.05) is 6.08 Å². The van der Waals surface area contributed by atoms with Crippen molar-refractivity contribution in [2.24, 2.45) is 0 Å². The zero-order valence-corrected chi connectivity index (χ0v) is 36.6. The van der Waals surface area contributed by atoms with Crippen LogP contribution in [-0.2, 0) is 4.79 Å². The Hall–Kier alpha value is -1.69. The molecule has 5 heteroatoms. The molecular weight excluding hydrogens is 679 g/mol. The van der Waals surface area contributed by atoms with Gasteiger partial charge in [-0.2, -0.15) is 0 Å². The predicted octanol–water partition coefficient (Wildman–Crippen LogP) is 14.1. The lowest BCUT2D eigenvalue weighted by atomic mass is 10.0. The van der Waals surface area contributed by atoms with Crippen LogP contribution in [-0.4, -0.2) is 46.1 Å². The molecule has 322 valence electrons. The van der Waals surface area contributed by atoms with Gasteiger partial charge in [-0.25, -0.2) is 0 Å². The van der Waals surface area contributed by atoms with E-state index in [9.17, 15) is 20.1 Å². The minimum absolute atomic E-state index is 0.00455. The van der Waals surface area contributed by atoms with Crippen molar-refractivity contribution in [3.63, 3.8) is 0 Å². The molecule has 0 aromatic rings. The van der Waals surface area contributed by atoms with E-state index in [0.29, 0.717) is 6.42 Å². The average molecular weight is 772 g/mol. The molecule has 3 atom stereocenters. The maximum Gasteiger partial charge on any atom is 0.222 e. The number of hydrogen-bond donors (Lipinski definition) is 4. The van der Waals surface area contributed by atoms with E-state index in [-0.39, 0.29) is 18.9 Å². The van der Waals surface area contributed by atoms with Gasteiger partial charge in [0.25, 0.3) is 0 Å². The van der Waals surface area contributed by atoms with Gasteiger partial charge in [0.2, 0.25) is 5.91 Å². The van der Waals surface area contributed by atoms with Crippen LogP contribution in [0.2, 0.25) is 0 Å². The molecule has 0 aromatic carbocycles. The monoisotopic (exact) mass is 772 g/mol. The Morgan fingerprint density at radius 1 is 0.473 bits per heavy atom. The first-order valence-corrected chi connectivity index (χ1v) is 23.9. The molecule has 0 bridgehead atoms. The molecule has 0 saturated carbocycles. The van der Waals surface area contributed by atoms with Gasteiger partial charge in [0, 0.05) is 0 Å². The van der Waals surface area contributed by atoms with Crippen LogP contribution >= 0.6 is 0 Å². The Bertz CT molecular complexity index is 896. The number of allylic oxidation sites excluding steroid dienone is 7. The Morgan fingerprint density at radius 3 is 1.27 bits per heavy atom. The van der Waals surface area contributed by atoms with Crippen LogP contribution in [0.25, 0.3) is 0 Å². The fraction of sp³-hybridized carbons (Fsp3) is 0.820. The fourth-order valence-corrected chi connectivity index (χ4v) is 7.15. The summed E-state index contributed by atoms with van der Waals surface area (Å²) in [6.07, 6.45) is 58.3. The zero-order valence-electron chi connectivity index (χ0n) is 36.6. The van der Waals surface area contributed by atoms with Gasteiger partial charge in [0.15, 0.2) is 0 Å². The third-order valence-corrected chi connectivity index (χ3v) is 10.8. The summed E-state index contributed by atoms with van der Waals surface area (Å²) in [5.74, 6) is -0.333. The van der Waals surface area contributed by atoms with E-state index in [0.717, 1.165) is 51.4 Å². The molecule has 0 aliphatic rings. The molecule has 4 N–H and O–H groups in total. The summed E-state index contributed by atoms with van der Waals surface area (Å²) in [5.41, 5.74) is 0. The van der Waals surface area contributed by atoms with Gasteiger partial charge < -0.3 is 20.6 Å². The van der Waals surface area contributed by atoms with Crippen molar-refractivity contribution in [2.45, 2.75) is 257 Å². The van der Waals surface area contributed by atoms with Crippen LogP contribution in [0.1, 0.15) is 239 Å². The summed E-state index contributed by atoms with van der Waals surface area (Å²) in [5, 5.41) is 33.3. The van der Waals surface area contributed by atoms with E-state index >= 15 is 0 Å². The van der Waals surface area contributed by atoms with E-state index in [1.165, 1.54) is 161 Å². The van der Waals surface area contributed by atoms with E-state index in [1.54, 1.807) is 6.08 Å². The highest BCUT2D eigenvalue weighted by Gasteiger charge is 2.20. The van der Waals surface area contributed by atoms with Gasteiger partial charge in [0.05, 0.1) is 31.3 Å². The summed E-state index contributed by atoms with van der Waals surface area (Å²) >= 11 is 0. The normalized spacial score (nSPS) is 13.9. The highest BCUT2D eigenvalue weighted by atomic mass is 16.3. The summed E-state index contributed by atoms with van der Waals surface area (Å²) in [7, 11) is 0. The molecule has 0 saturated heterocycles. The second-order valence-corrected chi connectivity index (χ2v) is 16.4. The smallest absolute Gasteiger partial charge is 0.222 e. The van der Waals surface area contributed by atoms with Crippen molar-refractivity contribution >= 4 is 5.91 Å². The third kappa shape index (κ3) is 41.8. The number of aliphatic hydroxyl groups excluding tert-OH is 3. The van der Waals surface area contributed by atoms with Crippen molar-refractivity contribution in [1.29, 1.82) is 0 Å². The number of carbonyl (C=O) groups is 1. The van der Waals surface area contributed by atoms with Crippen molar-refractivity contribution in [2.75, 3.05) is 6.61 Å². The average Bonchev–Trinajstić information content (AvgIpc) is 3.18. The van der Waals surface area contributed by atoms with E-state index in [2.05, 4.69) is 55.6 Å². The molecule has 0 radical (unpaired) electrons. The van der Waals surface area contributed by atoms with Crippen LogP contribution in [0.15, 0.2) is 48.6 Å². The molecule has 0 aliphatic heterocycles. The summed E-state index contributed by atoms with van der Waals surface area (Å²) in [6.45, 7) is 4.21. The van der Waals surface area contributed by atoms with Crippen LogP contribution in [0.4, 0.5) is 0 Å². The minimum atomic E-state index is -0.957. The first kappa shape index (κ1) is 53.3. The Balaban J connectivity index is 3.72. The molecule has 0 aromatic heterocycles. The standard InChI is InChI=1S/C50H93NO4/c1-3-5-7-9-11-13-15-17-19-21-23-24-26-27-29-31-33-35-37-39-41-43-47(53)45-50(55)51-48(46-52)49(54)44-42-40-38-36-34-32-30-28-25-22-20-18-16-14-12-10-8-6-4-2/h23-24,27,29,34,36,42,44,47-49,52-54H,3-22,25-26,28,30-33,35,37-41,43,45-46H2,1-2H3,(H,51,55)/b24-23-,29-27-,36-34+,44-42+. The summed E-state index contributed by atoms with van der Waals surface area (Å²) in [6, 6.07) is -0.767. The summed E-state index contributed by atoms with van der Waals surface area (Å²) in [4.78, 5) is 12.5. The molecule has 55 heavy (non-hydrogen) atoms. The molecule has 1 amide bonds. The molecule has 5 nitrogen and oxygen atoms in total. The number of hydrogen-bond acceptors (Lipinski definition) is 4. The summed E-state index contributed by atoms with van der Waals surface area (Å²) < 4.78 is 0. The quantitative estimate of drug-likeness (QED) is 0.0367. The van der Waals surface area contributed by atoms with Crippen molar-refractivity contribution in [1.82, 2.24) is 5.32 Å². The Morgan fingerprint density at radius 2 is 0.836 bits per heavy atom. The van der Waals surface area contributed by atoms with Crippen molar-refractivity contribution in [3.05, 3.63) is 48.6 Å².